The second-order valence-corrected chi connectivity index (χ2v) is 9.30. The number of rotatable bonds is 14. The van der Waals surface area contributed by atoms with Crippen LogP contribution in [0.5, 0.6) is 0 Å². The van der Waals surface area contributed by atoms with Gasteiger partial charge in [-0.2, -0.15) is 0 Å². The number of aliphatic hydroxyl groups is 1. The fraction of sp³-hybridized carbons (Fsp3) is 0.824. The largest absolute Gasteiger partial charge is 0.500 e. The average Bonchev–Trinajstić information content (AvgIpc) is 2.58. The monoisotopic (exact) mass is 361 g/mol. The summed E-state index contributed by atoms with van der Waals surface area (Å²) >= 11 is 0. The summed E-state index contributed by atoms with van der Waals surface area (Å²) in [5, 5.41) is 13.1. The molecule has 0 spiro atoms. The lowest BCUT2D eigenvalue weighted by atomic mass is 9.95. The van der Waals surface area contributed by atoms with Crippen molar-refractivity contribution in [3.63, 3.8) is 0 Å². The Morgan fingerprint density at radius 3 is 2.38 bits per heavy atom. The zero-order valence-corrected chi connectivity index (χ0v) is 16.9. The molecule has 0 saturated carbocycles. The molecule has 7 heteroatoms. The molecule has 0 aliphatic rings. The molecule has 0 radical (unpaired) electrons. The maximum absolute atomic E-state index is 11.9. The minimum absolute atomic E-state index is 0.0488. The Morgan fingerprint density at radius 1 is 1.21 bits per heavy atom. The number of hydrogen-bond acceptors (Lipinski definition) is 5. The molecular formula is C17H35NO5Si. The Bertz CT molecular complexity index is 362. The molecular weight excluding hydrogens is 326 g/mol. The zero-order chi connectivity index (χ0) is 18.5. The van der Waals surface area contributed by atoms with Crippen LogP contribution in [-0.4, -0.2) is 53.3 Å². The van der Waals surface area contributed by atoms with Crippen molar-refractivity contribution in [1.82, 2.24) is 5.32 Å². The summed E-state index contributed by atoms with van der Waals surface area (Å²) in [5.41, 5.74) is -0.841. The van der Waals surface area contributed by atoms with Gasteiger partial charge in [0.25, 0.3) is 0 Å². The zero-order valence-electron chi connectivity index (χ0n) is 15.9. The summed E-state index contributed by atoms with van der Waals surface area (Å²) in [7, 11) is 2.18. The highest BCUT2D eigenvalue weighted by Crippen LogP contribution is 2.18. The van der Waals surface area contributed by atoms with Gasteiger partial charge in [0, 0.05) is 40.3 Å². The quantitative estimate of drug-likeness (QED) is 0.283. The summed E-state index contributed by atoms with van der Waals surface area (Å²) in [6.07, 6.45) is 8.25. The normalized spacial score (nSPS) is 14.8. The molecule has 1 amide bonds. The lowest BCUT2D eigenvalue weighted by Gasteiger charge is -2.24. The molecule has 1 atom stereocenters. The molecule has 0 aromatic rings. The van der Waals surface area contributed by atoms with E-state index in [-0.39, 0.29) is 5.91 Å². The molecule has 0 bridgehead atoms. The van der Waals surface area contributed by atoms with Crippen LogP contribution in [0.25, 0.3) is 0 Å². The number of carbonyl (C=O) groups is 1. The third-order valence-corrected chi connectivity index (χ3v) is 6.82. The Morgan fingerprint density at radius 2 is 1.83 bits per heavy atom. The van der Waals surface area contributed by atoms with Gasteiger partial charge in [0.15, 0.2) is 0 Å². The Kier molecular flexibility index (Phi) is 12.2. The Hall–Kier alpha value is -0.733. The van der Waals surface area contributed by atoms with Crippen molar-refractivity contribution in [3.8, 4) is 0 Å². The lowest BCUT2D eigenvalue weighted by molar-refractivity contribution is -0.122. The molecule has 1 unspecified atom stereocenters. The second-order valence-electron chi connectivity index (χ2n) is 6.21. The van der Waals surface area contributed by atoms with Gasteiger partial charge in [-0.25, -0.2) is 0 Å². The molecule has 2 N–H and O–H groups in total. The Labute approximate surface area is 147 Å². The molecule has 0 aromatic carbocycles. The minimum Gasteiger partial charge on any atom is -0.390 e. The SMILES string of the molecule is CCC/C=C/CC(C)(O)CCC(=O)NCCC[Si](OC)(OC)OC. The standard InChI is InChI=1S/C17H35NO5Si/c1-6-7-8-9-12-17(2,20)13-11-16(19)18-14-10-15-24(21-3,22-4)23-5/h8-9,20H,6-7,10-15H2,1-5H3,(H,18,19)/b9-8+. The van der Waals surface area contributed by atoms with Crippen LogP contribution in [0.1, 0.15) is 52.4 Å². The number of carbonyl (C=O) groups excluding carboxylic acids is 1. The van der Waals surface area contributed by atoms with Crippen LogP contribution in [0.15, 0.2) is 12.2 Å². The van der Waals surface area contributed by atoms with Crippen molar-refractivity contribution in [2.24, 2.45) is 0 Å². The number of unbranched alkanes of at least 4 members (excludes halogenated alkanes) is 1. The highest BCUT2D eigenvalue weighted by molar-refractivity contribution is 6.60. The van der Waals surface area contributed by atoms with E-state index in [1.807, 2.05) is 6.08 Å². The molecule has 0 aromatic heterocycles. The molecule has 24 heavy (non-hydrogen) atoms. The summed E-state index contributed by atoms with van der Waals surface area (Å²) in [5.74, 6) is -0.0488. The van der Waals surface area contributed by atoms with E-state index < -0.39 is 14.4 Å². The minimum atomic E-state index is -2.56. The third kappa shape index (κ3) is 10.2. The molecule has 0 rings (SSSR count). The smallest absolute Gasteiger partial charge is 0.390 e. The van der Waals surface area contributed by atoms with E-state index in [2.05, 4.69) is 18.3 Å². The van der Waals surface area contributed by atoms with Crippen molar-refractivity contribution >= 4 is 14.7 Å². The van der Waals surface area contributed by atoms with E-state index in [1.165, 1.54) is 0 Å². The van der Waals surface area contributed by atoms with Gasteiger partial charge >= 0.3 is 8.80 Å². The van der Waals surface area contributed by atoms with E-state index in [9.17, 15) is 9.90 Å². The maximum Gasteiger partial charge on any atom is 0.500 e. The molecule has 142 valence electrons. The van der Waals surface area contributed by atoms with Crippen LogP contribution >= 0.6 is 0 Å². The number of amides is 1. The fourth-order valence-electron chi connectivity index (χ4n) is 2.28. The molecule has 0 aliphatic carbocycles. The van der Waals surface area contributed by atoms with Crippen molar-refractivity contribution in [1.29, 1.82) is 0 Å². The van der Waals surface area contributed by atoms with Gasteiger partial charge in [0.1, 0.15) is 0 Å². The van der Waals surface area contributed by atoms with Gasteiger partial charge in [0.2, 0.25) is 5.91 Å². The third-order valence-electron chi connectivity index (χ3n) is 3.99. The number of allylic oxidation sites excluding steroid dienone is 1. The van der Waals surface area contributed by atoms with Gasteiger partial charge in [-0.15, -0.1) is 0 Å². The van der Waals surface area contributed by atoms with E-state index in [1.54, 1.807) is 28.3 Å². The van der Waals surface area contributed by atoms with E-state index >= 15 is 0 Å². The lowest BCUT2D eigenvalue weighted by Crippen LogP contribution is -2.43. The molecule has 0 aliphatic heterocycles. The van der Waals surface area contributed by atoms with E-state index in [0.717, 1.165) is 19.3 Å². The van der Waals surface area contributed by atoms with Crippen molar-refractivity contribution in [3.05, 3.63) is 12.2 Å². The Balaban J connectivity index is 3.98. The molecule has 0 heterocycles. The van der Waals surface area contributed by atoms with Crippen molar-refractivity contribution < 1.29 is 23.2 Å². The molecule has 0 saturated heterocycles. The van der Waals surface area contributed by atoms with Crippen molar-refractivity contribution in [2.45, 2.75) is 64.0 Å². The highest BCUT2D eigenvalue weighted by atomic mass is 28.4. The summed E-state index contributed by atoms with van der Waals surface area (Å²) in [4.78, 5) is 11.9. The van der Waals surface area contributed by atoms with Crippen LogP contribution in [0.2, 0.25) is 6.04 Å². The first-order valence-corrected chi connectivity index (χ1v) is 10.6. The fourth-order valence-corrected chi connectivity index (χ4v) is 4.01. The van der Waals surface area contributed by atoms with Crippen LogP contribution in [0.4, 0.5) is 0 Å². The van der Waals surface area contributed by atoms with Crippen LogP contribution in [-0.2, 0) is 18.1 Å². The van der Waals surface area contributed by atoms with Crippen molar-refractivity contribution in [2.75, 3.05) is 27.9 Å². The summed E-state index contributed by atoms with van der Waals surface area (Å²) in [6.45, 7) is 4.43. The molecule has 6 nitrogen and oxygen atoms in total. The maximum atomic E-state index is 11.9. The van der Waals surface area contributed by atoms with Gasteiger partial charge in [-0.05, 0) is 32.6 Å². The van der Waals surface area contributed by atoms with Gasteiger partial charge in [0.05, 0.1) is 5.60 Å². The number of hydrogen-bond donors (Lipinski definition) is 2. The van der Waals surface area contributed by atoms with E-state index in [0.29, 0.717) is 31.9 Å². The predicted octanol–water partition coefficient (Wildman–Crippen LogP) is 2.65. The van der Waals surface area contributed by atoms with E-state index in [4.69, 9.17) is 13.3 Å². The first-order chi connectivity index (χ1) is 11.3. The van der Waals surface area contributed by atoms with Crippen LogP contribution in [0, 0.1) is 0 Å². The van der Waals surface area contributed by atoms with Crippen LogP contribution < -0.4 is 5.32 Å². The van der Waals surface area contributed by atoms with Gasteiger partial charge in [-0.1, -0.05) is 25.5 Å². The summed E-state index contributed by atoms with van der Waals surface area (Å²) in [6, 6.07) is 0.650. The van der Waals surface area contributed by atoms with Crippen LogP contribution in [0.3, 0.4) is 0 Å². The highest BCUT2D eigenvalue weighted by Gasteiger charge is 2.36. The second kappa shape index (κ2) is 12.6. The van der Waals surface area contributed by atoms with Gasteiger partial charge < -0.3 is 23.7 Å². The summed E-state index contributed by atoms with van der Waals surface area (Å²) < 4.78 is 16.0. The van der Waals surface area contributed by atoms with Gasteiger partial charge in [-0.3, -0.25) is 4.79 Å². The first kappa shape index (κ1) is 23.3. The number of nitrogens with one attached hydrogen (secondary N) is 1. The topological polar surface area (TPSA) is 77.0 Å². The molecule has 0 fully saturated rings. The predicted molar refractivity (Wildman–Crippen MR) is 97.7 cm³/mol. The average molecular weight is 362 g/mol. The first-order valence-electron chi connectivity index (χ1n) is 8.64.